The Morgan fingerprint density at radius 3 is 0.836 bits per heavy atom. The fourth-order valence-electron chi connectivity index (χ4n) is 10.9. The molecule has 16 heterocycles. The second-order valence-electron chi connectivity index (χ2n) is 26.1. The zero-order valence-electron chi connectivity index (χ0n) is 69.0. The Bertz CT molecular complexity index is 3920. The van der Waals surface area contributed by atoms with Crippen molar-refractivity contribution >= 4 is 34.9 Å². The van der Waals surface area contributed by atoms with Crippen molar-refractivity contribution in [2.45, 2.75) is 243 Å². The van der Waals surface area contributed by atoms with Gasteiger partial charge < -0.3 is 67.5 Å². The standard InChI is InChI=1S/C11H16N2O2.C10H15N3.C10H14N2.C9H12N2O.C9H12N2.2C8H11NO.C7H9NO2.C7H9NO.C6H7NO.C5H4ClN.23CH4/c1-2-4-12-11(3-1)15-10-7-13-5-8-14-9-6-13;1-12-6-8-13(9-7-12)10-4-2-3-5-11-10;1-4-8-12(9-5-1)10-6-2-3-7-11-10;1-2-4-10-9(3-1)11-5-7-12-8-6-11;1-2-6-10-9(5-1)11-7-3-4-8-11;1-7(2)10-8-5-3-4-6-9-8;1-2-7-10-8-5-3-4-6-9-8;9-5-6-10-7-3-1-2-4-8-7;1-2-9-7-5-3-4-6-8-7;1-8-6-4-2-3-5-7-6;6-5-3-1-2-4-7-5;;;;;;;;;;;;;;;;;;;;;;;/h1-4H,5-10H2;2-5H,6-9H2,1H3;2-3,6-7H,1,4-5,8-9H2;1-4H,5-8H2;1-2,5-6H,3-4,7-8H2;3-7H,1-2H3;3-6H,2,7H2,1H3;1-4,9H,5-6H2;3-6H,2H2,1H3;2-5H,1H3;1-4H;23*1H4. The molecule has 0 aliphatic carbocycles. The summed E-state index contributed by atoms with van der Waals surface area (Å²) in [5.41, 5.74) is 0. The van der Waals surface area contributed by atoms with E-state index in [9.17, 15) is 0 Å². The number of nitrogens with zero attached hydrogens (tertiary/aromatic N) is 17. The molecular weight excluding hydrogens is 1770 g/mol. The third-order valence-electron chi connectivity index (χ3n) is 16.7. The van der Waals surface area contributed by atoms with Crippen molar-refractivity contribution in [3.05, 3.63) is 274 Å². The van der Waals surface area contributed by atoms with Crippen LogP contribution in [-0.4, -0.2) is 235 Å². The molecule has 1 N–H and O–H groups in total. The zero-order chi connectivity index (χ0) is 82.7. The van der Waals surface area contributed by atoms with Crippen molar-refractivity contribution < 1.29 is 43.0 Å². The summed E-state index contributed by atoms with van der Waals surface area (Å²) in [4.78, 5) is 58.7. The quantitative estimate of drug-likeness (QED) is 0.0738. The Kier molecular flexibility index (Phi) is 140. The number of aliphatic hydroxyl groups is 1. The maximum absolute atomic E-state index is 8.37. The summed E-state index contributed by atoms with van der Waals surface area (Å²) in [7, 11) is 3.76. The first-order valence-electron chi connectivity index (χ1n) is 40.2. The lowest BCUT2D eigenvalue weighted by Crippen LogP contribution is -2.44. The number of hydrogen-bond acceptors (Lipinski definition) is 26. The van der Waals surface area contributed by atoms with E-state index in [1.165, 1.54) is 58.3 Å². The smallest absolute Gasteiger partial charge is 0.213 e. The van der Waals surface area contributed by atoms with E-state index in [1.54, 1.807) is 68.7 Å². The Balaban J connectivity index is -0.0000000722. The fraction of sp³-hybridized carbons (Fsp3) is 0.513. The van der Waals surface area contributed by atoms with Crippen molar-refractivity contribution in [2.75, 3.05) is 178 Å². The first-order chi connectivity index (χ1) is 57.6. The number of likely N-dealkylation sites (N-methyl/N-ethyl adjacent to an activating group) is 1. The van der Waals surface area contributed by atoms with Gasteiger partial charge in [-0.1, -0.05) is 256 Å². The number of aromatic nitrogens is 11. The van der Waals surface area contributed by atoms with E-state index >= 15 is 0 Å². The number of pyridine rings is 11. The number of piperidine rings is 1. The molecule has 11 aromatic heterocycles. The molecule has 5 aliphatic heterocycles. The second kappa shape index (κ2) is 115. The lowest BCUT2D eigenvalue weighted by atomic mass is 10.1. The van der Waals surface area contributed by atoms with Crippen LogP contribution in [0.2, 0.25) is 5.15 Å². The van der Waals surface area contributed by atoms with Crippen LogP contribution in [0.3, 0.4) is 0 Å². The van der Waals surface area contributed by atoms with Crippen LogP contribution in [0.25, 0.3) is 0 Å². The zero-order valence-corrected chi connectivity index (χ0v) is 69.7. The number of aliphatic hydroxyl groups excluding tert-OH is 1. The van der Waals surface area contributed by atoms with Gasteiger partial charge in [-0.05, 0) is 163 Å². The maximum atomic E-state index is 8.37. The van der Waals surface area contributed by atoms with Crippen molar-refractivity contribution in [1.29, 1.82) is 0 Å². The first kappa shape index (κ1) is 171. The van der Waals surface area contributed by atoms with Crippen LogP contribution < -0.4 is 48.0 Å². The van der Waals surface area contributed by atoms with Gasteiger partial charge >= 0.3 is 0 Å². The number of hydrogen-bond donors (Lipinski definition) is 1. The SMILES string of the molecule is C.C.C.C.C.C.C.C.C.C.C.C.C.C.C.C.C.C.C.C.C.C.C.CC(C)Oc1ccccn1.CCCOc1ccccn1.CCOc1ccccn1.CN1CCN(c2ccccn2)CC1.COc1ccccn1.Clc1ccccn1.OCCOc1ccccn1.c1ccc(N2CCCC2)nc1.c1ccc(N2CCCCC2)nc1.c1ccc(N2CCOCC2)nc1.c1ccc(OCCN2CCOCC2)nc1. The molecule has 5 fully saturated rings. The van der Waals surface area contributed by atoms with E-state index in [1.807, 2.05) is 203 Å². The lowest BCUT2D eigenvalue weighted by Gasteiger charge is -2.33. The van der Waals surface area contributed by atoms with Crippen LogP contribution in [0.15, 0.2) is 268 Å². The highest BCUT2D eigenvalue weighted by molar-refractivity contribution is 6.29. The van der Waals surface area contributed by atoms with E-state index in [2.05, 4.69) is 122 Å². The minimum absolute atomic E-state index is 0. The highest BCUT2D eigenvalue weighted by atomic mass is 35.5. The Morgan fingerprint density at radius 2 is 0.571 bits per heavy atom. The first-order valence-corrected chi connectivity index (χ1v) is 40.6. The maximum Gasteiger partial charge on any atom is 0.213 e. The van der Waals surface area contributed by atoms with Crippen molar-refractivity contribution in [3.8, 4) is 35.3 Å². The topological polar surface area (TPSA) is 255 Å². The number of morpholine rings is 2. The number of rotatable bonds is 19. The fourth-order valence-corrected chi connectivity index (χ4v) is 11.0. The number of piperazine rings is 1. The van der Waals surface area contributed by atoms with Crippen molar-refractivity contribution in [1.82, 2.24) is 64.6 Å². The molecule has 0 bridgehead atoms. The molecule has 27 heteroatoms. The predicted molar refractivity (Wildman–Crippen MR) is 621 cm³/mol. The van der Waals surface area contributed by atoms with Crippen LogP contribution in [0.5, 0.6) is 35.3 Å². The molecule has 0 amide bonds. The van der Waals surface area contributed by atoms with Gasteiger partial charge in [0.15, 0.2) is 0 Å². The van der Waals surface area contributed by atoms with Gasteiger partial charge in [-0.25, -0.2) is 54.8 Å². The molecule has 0 spiro atoms. The average Bonchev–Trinajstić information content (AvgIpc) is 1.03. The molecular formula is C113H212ClN17O9. The largest absolute Gasteiger partial charge is 0.481 e. The highest BCUT2D eigenvalue weighted by Crippen LogP contribution is 2.19. The summed E-state index contributed by atoms with van der Waals surface area (Å²) in [6, 6.07) is 63.1. The number of methoxy groups -OCH3 is 1. The predicted octanol–water partition coefficient (Wildman–Crippen LogP) is 29.4. The minimum Gasteiger partial charge on any atom is -0.481 e. The molecule has 810 valence electrons. The summed E-state index contributed by atoms with van der Waals surface area (Å²) < 4.78 is 41.5. The van der Waals surface area contributed by atoms with Gasteiger partial charge in [0.05, 0.1) is 59.5 Å². The summed E-state index contributed by atoms with van der Waals surface area (Å²) >= 11 is 5.43. The molecule has 5 aliphatic rings. The molecule has 0 aromatic carbocycles. The Labute approximate surface area is 867 Å². The minimum atomic E-state index is 0. The second-order valence-corrected chi connectivity index (χ2v) is 26.5. The molecule has 0 unspecified atom stereocenters. The molecule has 5 saturated heterocycles. The van der Waals surface area contributed by atoms with Crippen LogP contribution in [0.4, 0.5) is 23.3 Å². The highest BCUT2D eigenvalue weighted by Gasteiger charge is 2.16. The van der Waals surface area contributed by atoms with E-state index in [-0.39, 0.29) is 184 Å². The van der Waals surface area contributed by atoms with Crippen LogP contribution in [-0.2, 0) is 9.47 Å². The van der Waals surface area contributed by atoms with Gasteiger partial charge in [0.25, 0.3) is 0 Å². The van der Waals surface area contributed by atoms with Crippen molar-refractivity contribution in [2.24, 2.45) is 0 Å². The van der Waals surface area contributed by atoms with E-state index in [0.717, 1.165) is 122 Å². The number of halogens is 1. The van der Waals surface area contributed by atoms with Gasteiger partial charge in [-0.3, -0.25) is 4.90 Å². The third kappa shape index (κ3) is 81.6. The van der Waals surface area contributed by atoms with Crippen molar-refractivity contribution in [3.63, 3.8) is 0 Å². The lowest BCUT2D eigenvalue weighted by molar-refractivity contribution is 0.0320. The van der Waals surface area contributed by atoms with Crippen LogP contribution >= 0.6 is 11.6 Å². The number of anilines is 4. The van der Waals surface area contributed by atoms with Gasteiger partial charge in [0.1, 0.15) is 41.6 Å². The summed E-state index contributed by atoms with van der Waals surface area (Å²) in [5, 5.41) is 8.92. The van der Waals surface area contributed by atoms with Gasteiger partial charge in [0.2, 0.25) is 35.3 Å². The third-order valence-corrected chi connectivity index (χ3v) is 17.0. The normalized spacial score (nSPS) is 11.6. The summed E-state index contributed by atoms with van der Waals surface area (Å²) in [6.07, 6.45) is 27.2. The summed E-state index contributed by atoms with van der Waals surface area (Å²) in [5.74, 6) is 8.44. The molecule has 26 nitrogen and oxygen atoms in total. The molecule has 0 saturated carbocycles. The Hall–Kier alpha value is -11.3. The van der Waals surface area contributed by atoms with E-state index < -0.39 is 0 Å². The monoisotopic (exact) mass is 1990 g/mol. The molecule has 11 aromatic rings. The van der Waals surface area contributed by atoms with Gasteiger partial charge in [0, 0.05) is 190 Å². The average molecular weight is 1990 g/mol. The number of ether oxygens (including phenoxy) is 8. The summed E-state index contributed by atoms with van der Waals surface area (Å²) in [6.45, 7) is 27.8. The van der Waals surface area contributed by atoms with Gasteiger partial charge in [-0.15, -0.1) is 0 Å². The van der Waals surface area contributed by atoms with E-state index in [4.69, 9.17) is 54.6 Å². The molecule has 16 rings (SSSR count). The molecule has 0 radical (unpaired) electrons. The van der Waals surface area contributed by atoms with E-state index in [0.29, 0.717) is 60.3 Å². The molecule has 0 atom stereocenters. The van der Waals surface area contributed by atoms with Crippen LogP contribution in [0, 0.1) is 0 Å². The van der Waals surface area contributed by atoms with Gasteiger partial charge in [-0.2, -0.15) is 0 Å². The molecule has 140 heavy (non-hydrogen) atoms. The Morgan fingerprint density at radius 1 is 0.300 bits per heavy atom. The van der Waals surface area contributed by atoms with Crippen LogP contribution in [0.1, 0.15) is 237 Å².